The fourth-order valence-electron chi connectivity index (χ4n) is 2.78. The molecule has 3 heterocycles. The first-order chi connectivity index (χ1) is 11.7. The molecule has 1 N–H and O–H groups in total. The van der Waals surface area contributed by atoms with E-state index in [9.17, 15) is 9.59 Å². The monoisotopic (exact) mass is 345 g/mol. The van der Waals surface area contributed by atoms with Crippen LogP contribution < -0.4 is 5.32 Å². The van der Waals surface area contributed by atoms with E-state index in [1.165, 1.54) is 0 Å². The predicted octanol–water partition coefficient (Wildman–Crippen LogP) is 1.71. The molecular formula is C17H23N5O3. The third kappa shape index (κ3) is 3.89. The number of hydrogen-bond acceptors (Lipinski definition) is 5. The molecule has 0 saturated carbocycles. The Morgan fingerprint density at radius 2 is 2.08 bits per heavy atom. The van der Waals surface area contributed by atoms with Crippen LogP contribution in [0.2, 0.25) is 0 Å². The van der Waals surface area contributed by atoms with Gasteiger partial charge in [-0.15, -0.1) is 0 Å². The van der Waals surface area contributed by atoms with Gasteiger partial charge < -0.3 is 19.5 Å². The van der Waals surface area contributed by atoms with Crippen molar-refractivity contribution in [2.45, 2.75) is 38.8 Å². The standard InChI is InChI=1S/C17H23N5O3/c1-17(2,3)25-16(24)22-6-5-12(9-22)20-15(23)11-7-13-14(18-8-11)21(4)10-19-13/h7-8,10,12H,5-6,9H2,1-4H3,(H,20,23)/t12-/m1/s1. The highest BCUT2D eigenvalue weighted by atomic mass is 16.6. The summed E-state index contributed by atoms with van der Waals surface area (Å²) in [6, 6.07) is 1.62. The van der Waals surface area contributed by atoms with E-state index in [2.05, 4.69) is 15.3 Å². The first-order valence-electron chi connectivity index (χ1n) is 8.29. The molecule has 25 heavy (non-hydrogen) atoms. The van der Waals surface area contributed by atoms with Crippen LogP contribution in [0.1, 0.15) is 37.6 Å². The minimum atomic E-state index is -0.526. The van der Waals surface area contributed by atoms with Crippen LogP contribution in [0.5, 0.6) is 0 Å². The maximum Gasteiger partial charge on any atom is 0.410 e. The summed E-state index contributed by atoms with van der Waals surface area (Å²) < 4.78 is 7.16. The molecule has 0 unspecified atom stereocenters. The number of aryl methyl sites for hydroxylation is 1. The Kier molecular flexibility index (Phi) is 4.36. The largest absolute Gasteiger partial charge is 0.444 e. The van der Waals surface area contributed by atoms with Gasteiger partial charge in [0.15, 0.2) is 5.65 Å². The molecule has 0 bridgehead atoms. The summed E-state index contributed by atoms with van der Waals surface area (Å²) in [6.07, 6.45) is 3.56. The van der Waals surface area contributed by atoms with E-state index in [0.717, 1.165) is 5.65 Å². The quantitative estimate of drug-likeness (QED) is 0.895. The molecule has 0 spiro atoms. The van der Waals surface area contributed by atoms with E-state index in [-0.39, 0.29) is 18.0 Å². The number of amides is 2. The van der Waals surface area contributed by atoms with Crippen molar-refractivity contribution in [3.05, 3.63) is 24.2 Å². The molecule has 0 aliphatic carbocycles. The third-order valence-electron chi connectivity index (χ3n) is 3.99. The highest BCUT2D eigenvalue weighted by Gasteiger charge is 2.30. The molecule has 0 radical (unpaired) electrons. The number of imidazole rings is 1. The van der Waals surface area contributed by atoms with E-state index in [0.29, 0.717) is 30.6 Å². The van der Waals surface area contributed by atoms with Gasteiger partial charge in [0.2, 0.25) is 0 Å². The van der Waals surface area contributed by atoms with Crippen molar-refractivity contribution in [1.82, 2.24) is 24.8 Å². The van der Waals surface area contributed by atoms with Crippen molar-refractivity contribution in [2.24, 2.45) is 7.05 Å². The maximum absolute atomic E-state index is 12.4. The van der Waals surface area contributed by atoms with Crippen LogP contribution in [0.4, 0.5) is 4.79 Å². The number of pyridine rings is 1. The van der Waals surface area contributed by atoms with Crippen molar-refractivity contribution in [3.8, 4) is 0 Å². The molecule has 3 rings (SSSR count). The number of carbonyl (C=O) groups is 2. The SMILES string of the molecule is Cn1cnc2cc(C(=O)N[C@@H]3CCN(C(=O)OC(C)(C)C)C3)cnc21. The number of aromatic nitrogens is 3. The minimum Gasteiger partial charge on any atom is -0.444 e. The number of nitrogens with one attached hydrogen (secondary N) is 1. The fourth-order valence-corrected chi connectivity index (χ4v) is 2.78. The Morgan fingerprint density at radius 3 is 2.80 bits per heavy atom. The summed E-state index contributed by atoms with van der Waals surface area (Å²) in [7, 11) is 1.85. The molecule has 1 fully saturated rings. The molecule has 134 valence electrons. The number of likely N-dealkylation sites (tertiary alicyclic amines) is 1. The molecule has 2 amide bonds. The zero-order chi connectivity index (χ0) is 18.2. The lowest BCUT2D eigenvalue weighted by atomic mass is 10.2. The highest BCUT2D eigenvalue weighted by Crippen LogP contribution is 2.16. The van der Waals surface area contributed by atoms with E-state index < -0.39 is 5.60 Å². The molecule has 2 aromatic heterocycles. The summed E-state index contributed by atoms with van der Waals surface area (Å²) in [5, 5.41) is 2.95. The van der Waals surface area contributed by atoms with Gasteiger partial charge in [0.05, 0.1) is 11.9 Å². The smallest absolute Gasteiger partial charge is 0.410 e. The Morgan fingerprint density at radius 1 is 1.32 bits per heavy atom. The van der Waals surface area contributed by atoms with Gasteiger partial charge in [-0.1, -0.05) is 0 Å². The van der Waals surface area contributed by atoms with E-state index in [1.54, 1.807) is 28.1 Å². The molecule has 2 aromatic rings. The number of carbonyl (C=O) groups excluding carboxylic acids is 2. The lowest BCUT2D eigenvalue weighted by molar-refractivity contribution is 0.0290. The van der Waals surface area contributed by atoms with Crippen LogP contribution in [0.15, 0.2) is 18.6 Å². The third-order valence-corrected chi connectivity index (χ3v) is 3.99. The minimum absolute atomic E-state index is 0.0977. The van der Waals surface area contributed by atoms with Crippen molar-refractivity contribution in [2.75, 3.05) is 13.1 Å². The van der Waals surface area contributed by atoms with Crippen LogP contribution in [-0.4, -0.2) is 56.2 Å². The molecule has 1 aliphatic heterocycles. The summed E-state index contributed by atoms with van der Waals surface area (Å²) in [4.78, 5) is 34.6. The zero-order valence-electron chi connectivity index (χ0n) is 14.9. The molecule has 0 aromatic carbocycles. The second-order valence-electron chi connectivity index (χ2n) is 7.31. The molecule has 1 aliphatic rings. The van der Waals surface area contributed by atoms with Gasteiger partial charge in [-0.3, -0.25) is 4.79 Å². The summed E-state index contributed by atoms with van der Waals surface area (Å²) in [5.41, 5.74) is 1.34. The summed E-state index contributed by atoms with van der Waals surface area (Å²) >= 11 is 0. The van der Waals surface area contributed by atoms with Crippen LogP contribution in [-0.2, 0) is 11.8 Å². The van der Waals surface area contributed by atoms with Crippen molar-refractivity contribution < 1.29 is 14.3 Å². The van der Waals surface area contributed by atoms with Crippen molar-refractivity contribution >= 4 is 23.2 Å². The number of hydrogen-bond donors (Lipinski definition) is 1. The molecule has 1 atom stereocenters. The first kappa shape index (κ1) is 17.2. The van der Waals surface area contributed by atoms with Crippen LogP contribution in [0, 0.1) is 0 Å². The van der Waals surface area contributed by atoms with Gasteiger partial charge in [-0.25, -0.2) is 14.8 Å². The van der Waals surface area contributed by atoms with Crippen LogP contribution >= 0.6 is 0 Å². The Hall–Kier alpha value is -2.64. The number of rotatable bonds is 2. The lowest BCUT2D eigenvalue weighted by Gasteiger charge is -2.24. The highest BCUT2D eigenvalue weighted by molar-refractivity contribution is 5.96. The molecule has 1 saturated heterocycles. The van der Waals surface area contributed by atoms with Gasteiger partial charge in [0.1, 0.15) is 11.1 Å². The summed E-state index contributed by atoms with van der Waals surface area (Å²) in [5.74, 6) is -0.212. The van der Waals surface area contributed by atoms with Gasteiger partial charge in [-0.2, -0.15) is 0 Å². The Bertz CT molecular complexity index is 808. The van der Waals surface area contributed by atoms with Gasteiger partial charge in [0, 0.05) is 32.4 Å². The second kappa shape index (κ2) is 6.34. The van der Waals surface area contributed by atoms with Crippen molar-refractivity contribution in [3.63, 3.8) is 0 Å². The lowest BCUT2D eigenvalue weighted by Crippen LogP contribution is -2.40. The molecule has 8 heteroatoms. The molecule has 8 nitrogen and oxygen atoms in total. The van der Waals surface area contributed by atoms with Gasteiger partial charge >= 0.3 is 6.09 Å². The Labute approximate surface area is 146 Å². The van der Waals surface area contributed by atoms with Crippen molar-refractivity contribution in [1.29, 1.82) is 0 Å². The Balaban J connectivity index is 1.60. The fraction of sp³-hybridized carbons (Fsp3) is 0.529. The normalized spacial score (nSPS) is 17.8. The number of nitrogens with zero attached hydrogens (tertiary/aromatic N) is 4. The number of fused-ring (bicyclic) bond motifs is 1. The average molecular weight is 345 g/mol. The van der Waals surface area contributed by atoms with Crippen LogP contribution in [0.25, 0.3) is 11.2 Å². The molecular weight excluding hydrogens is 322 g/mol. The number of ether oxygens (including phenoxy) is 1. The van der Waals surface area contributed by atoms with E-state index in [4.69, 9.17) is 4.74 Å². The zero-order valence-corrected chi connectivity index (χ0v) is 14.9. The first-order valence-corrected chi connectivity index (χ1v) is 8.29. The predicted molar refractivity (Wildman–Crippen MR) is 92.2 cm³/mol. The topological polar surface area (TPSA) is 89.4 Å². The second-order valence-corrected chi connectivity index (χ2v) is 7.31. The van der Waals surface area contributed by atoms with E-state index >= 15 is 0 Å². The van der Waals surface area contributed by atoms with Crippen LogP contribution in [0.3, 0.4) is 0 Å². The van der Waals surface area contributed by atoms with E-state index in [1.807, 2.05) is 27.8 Å². The maximum atomic E-state index is 12.4. The summed E-state index contributed by atoms with van der Waals surface area (Å²) in [6.45, 7) is 6.51. The van der Waals surface area contributed by atoms with Gasteiger partial charge in [0.25, 0.3) is 5.91 Å². The van der Waals surface area contributed by atoms with Gasteiger partial charge in [-0.05, 0) is 33.3 Å². The average Bonchev–Trinajstić information content (AvgIpc) is 3.13.